The van der Waals surface area contributed by atoms with Crippen molar-refractivity contribution in [3.05, 3.63) is 300 Å². The van der Waals surface area contributed by atoms with Gasteiger partial charge in [-0.1, -0.05) is 121 Å². The Labute approximate surface area is 535 Å². The summed E-state index contributed by atoms with van der Waals surface area (Å²) in [7, 11) is 0. The van der Waals surface area contributed by atoms with Gasteiger partial charge in [-0.25, -0.2) is 0 Å². The Morgan fingerprint density at radius 2 is 0.446 bits per heavy atom. The Hall–Kier alpha value is -11.5. The zero-order valence-electron chi connectivity index (χ0n) is 52.8. The Morgan fingerprint density at radius 1 is 0.228 bits per heavy atom. The van der Waals surface area contributed by atoms with E-state index < -0.39 is 0 Å². The van der Waals surface area contributed by atoms with Crippen LogP contribution in [0.4, 0.5) is 68.2 Å². The molecule has 0 saturated heterocycles. The smallest absolute Gasteiger partial charge is 0.0752 e. The van der Waals surface area contributed by atoms with Crippen molar-refractivity contribution in [2.24, 2.45) is 0 Å². The molecule has 16 rings (SSSR count). The molecule has 92 heavy (non-hydrogen) atoms. The largest absolute Gasteiger partial charge is 0.309 e. The molecule has 8 nitrogen and oxygen atoms in total. The van der Waals surface area contributed by atoms with Crippen LogP contribution in [0, 0.1) is 55.4 Å². The quantitative estimate of drug-likeness (QED) is 0.112. The van der Waals surface area contributed by atoms with Gasteiger partial charge in [-0.15, -0.1) is 0 Å². The minimum atomic E-state index is 0.966. The average Bonchev–Trinajstić information content (AvgIpc) is 0.699. The van der Waals surface area contributed by atoms with Gasteiger partial charge in [0.15, 0.2) is 0 Å². The second-order valence-corrected chi connectivity index (χ2v) is 24.6. The Kier molecular flexibility index (Phi) is 13.5. The molecule has 0 saturated carbocycles. The van der Waals surface area contributed by atoms with Crippen molar-refractivity contribution in [2.75, 3.05) is 19.6 Å². The van der Waals surface area contributed by atoms with Crippen LogP contribution in [0.3, 0.4) is 0 Å². The fourth-order valence-electron chi connectivity index (χ4n) is 15.1. The number of nitrogens with zero attached hydrogens (tertiary/aromatic N) is 8. The second kappa shape index (κ2) is 22.2. The Balaban J connectivity index is 1.14. The van der Waals surface area contributed by atoms with Gasteiger partial charge < -0.3 is 19.6 Å². The molecule has 0 unspecified atom stereocenters. The summed E-state index contributed by atoms with van der Waals surface area (Å²) >= 11 is 0. The lowest BCUT2D eigenvalue weighted by Crippen LogP contribution is -2.18. The van der Waals surface area contributed by atoms with Gasteiger partial charge in [0.1, 0.15) is 0 Å². The average molecular weight is 1190 g/mol. The normalized spacial score (nSPS) is 11.7. The molecule has 4 aromatic heterocycles. The van der Waals surface area contributed by atoms with Gasteiger partial charge in [0.25, 0.3) is 0 Å². The maximum absolute atomic E-state index is 5.10. The fraction of sp³-hybridized carbons (Fsp3) is 0.0952. The molecule has 0 radical (unpaired) electrons. The number of fused-ring (bicyclic) bond motifs is 4. The molecule has 442 valence electrons. The molecule has 8 heteroatoms. The van der Waals surface area contributed by atoms with Crippen LogP contribution in [-0.2, 0) is 0 Å². The van der Waals surface area contributed by atoms with Crippen molar-refractivity contribution in [3.8, 4) is 0 Å². The summed E-state index contributed by atoms with van der Waals surface area (Å²) in [5.74, 6) is 0. The monoisotopic (exact) mass is 1190 g/mol. The molecule has 0 bridgehead atoms. The summed E-state index contributed by atoms with van der Waals surface area (Å²) in [5, 5.41) is 11.1. The lowest BCUT2D eigenvalue weighted by molar-refractivity contribution is 1.21. The molecular formula is C84H66N8. The van der Waals surface area contributed by atoms with Crippen molar-refractivity contribution in [2.45, 2.75) is 55.4 Å². The summed E-state index contributed by atoms with van der Waals surface area (Å²) in [6, 6.07) is 84.2. The van der Waals surface area contributed by atoms with E-state index in [0.29, 0.717) is 0 Å². The Morgan fingerprint density at radius 3 is 0.663 bits per heavy atom. The predicted octanol–water partition coefficient (Wildman–Crippen LogP) is 23.1. The van der Waals surface area contributed by atoms with E-state index in [1.807, 2.05) is 49.1 Å². The van der Waals surface area contributed by atoms with Crippen molar-refractivity contribution >= 4 is 144 Å². The molecule has 0 aliphatic heterocycles. The van der Waals surface area contributed by atoms with E-state index in [0.717, 1.165) is 189 Å². The zero-order valence-corrected chi connectivity index (χ0v) is 52.8. The minimum Gasteiger partial charge on any atom is -0.309 e. The molecule has 0 fully saturated rings. The van der Waals surface area contributed by atoms with Crippen LogP contribution in [0.25, 0.3) is 75.9 Å². The number of rotatable bonds is 12. The van der Waals surface area contributed by atoms with Gasteiger partial charge in [0.05, 0.1) is 67.6 Å². The van der Waals surface area contributed by atoms with Crippen LogP contribution in [0.1, 0.15) is 44.5 Å². The highest BCUT2D eigenvalue weighted by atomic mass is 15.2. The highest BCUT2D eigenvalue weighted by molar-refractivity contribution is 6.33. The number of aromatic nitrogens is 4. The van der Waals surface area contributed by atoms with Crippen LogP contribution in [0.5, 0.6) is 0 Å². The molecule has 0 amide bonds. The first-order valence-electron chi connectivity index (χ1n) is 31.6. The number of hydrogen-bond acceptors (Lipinski definition) is 8. The zero-order chi connectivity index (χ0) is 62.5. The van der Waals surface area contributed by atoms with Crippen LogP contribution < -0.4 is 19.6 Å². The maximum Gasteiger partial charge on any atom is 0.0752 e. The highest BCUT2D eigenvalue weighted by Crippen LogP contribution is 2.57. The van der Waals surface area contributed by atoms with Crippen molar-refractivity contribution in [1.29, 1.82) is 0 Å². The van der Waals surface area contributed by atoms with E-state index >= 15 is 0 Å². The fourth-order valence-corrected chi connectivity index (χ4v) is 15.1. The van der Waals surface area contributed by atoms with E-state index in [9.17, 15) is 0 Å². The summed E-state index contributed by atoms with van der Waals surface area (Å²) < 4.78 is 0. The molecule has 16 aromatic rings. The van der Waals surface area contributed by atoms with E-state index in [4.69, 9.17) is 19.9 Å². The number of para-hydroxylation sites is 4. The third-order valence-corrected chi connectivity index (χ3v) is 18.9. The number of anilines is 12. The van der Waals surface area contributed by atoms with Gasteiger partial charge in [-0.05, 0) is 209 Å². The highest BCUT2D eigenvalue weighted by Gasteiger charge is 2.33. The summed E-state index contributed by atoms with van der Waals surface area (Å²) in [6.07, 6.45) is 7.66. The van der Waals surface area contributed by atoms with E-state index in [1.54, 1.807) is 0 Å². The van der Waals surface area contributed by atoms with Gasteiger partial charge in [0, 0.05) is 101 Å². The number of benzene rings is 12. The molecule has 0 atom stereocenters. The summed E-state index contributed by atoms with van der Waals surface area (Å²) in [5.41, 5.74) is 25.3. The lowest BCUT2D eigenvalue weighted by Gasteiger charge is -2.36. The molecule has 12 aromatic carbocycles. The van der Waals surface area contributed by atoms with Crippen molar-refractivity contribution in [3.63, 3.8) is 0 Å². The van der Waals surface area contributed by atoms with Crippen LogP contribution in [0.2, 0.25) is 0 Å². The molecule has 4 heterocycles. The van der Waals surface area contributed by atoms with Crippen molar-refractivity contribution < 1.29 is 0 Å². The van der Waals surface area contributed by atoms with Gasteiger partial charge >= 0.3 is 0 Å². The first kappa shape index (κ1) is 55.8. The second-order valence-electron chi connectivity index (χ2n) is 24.6. The number of hydrogen-bond donors (Lipinski definition) is 0. The first-order chi connectivity index (χ1) is 45.0. The Bertz CT molecular complexity index is 4890. The molecule has 0 aliphatic rings. The van der Waals surface area contributed by atoms with Gasteiger partial charge in [-0.2, -0.15) is 0 Å². The minimum absolute atomic E-state index is 0.966. The topological polar surface area (TPSA) is 64.5 Å². The third kappa shape index (κ3) is 8.88. The maximum atomic E-state index is 5.10. The molecule has 0 N–H and O–H groups in total. The van der Waals surface area contributed by atoms with Crippen LogP contribution in [0.15, 0.2) is 255 Å². The van der Waals surface area contributed by atoms with E-state index in [-0.39, 0.29) is 0 Å². The number of aryl methyl sites for hydroxylation is 8. The van der Waals surface area contributed by atoms with Crippen LogP contribution >= 0.6 is 0 Å². The van der Waals surface area contributed by atoms with Gasteiger partial charge in [0.2, 0.25) is 0 Å². The first-order valence-corrected chi connectivity index (χ1v) is 31.6. The van der Waals surface area contributed by atoms with E-state index in [1.165, 1.54) is 0 Å². The third-order valence-electron chi connectivity index (χ3n) is 18.9. The van der Waals surface area contributed by atoms with Gasteiger partial charge in [-0.3, -0.25) is 19.9 Å². The van der Waals surface area contributed by atoms with Crippen LogP contribution in [-0.4, -0.2) is 19.9 Å². The standard InChI is InChI=1S/C84H66N8/c1-51-45-59-25-21-41-85-77(59)55(5)81(51)89(63-29-13-9-14-30-63)71-49-72(90(64-31-15-10-16-32-64)82-52(2)46-60-26-22-42-86-78(60)56(82)6)68-39-40-70-74(92(66-35-19-12-20-36-66)84-54(4)48-62-28-24-44-88-80(62)58(84)8)50-73(69-38-37-67(71)75(68)76(69)70)91(65-33-17-11-18-34-65)83-53(3)47-61-27-23-43-87-79(61)57(83)7/h9-50H,1-8H3. The SMILES string of the molecule is Cc1cc2cccnc2c(C)c1N(c1ccccc1)c1cc(N(c2ccccc2)c2c(C)cc3cccnc3c2C)c2ccc3c(N(c4ccccc4)c4c(C)cc5cccnc5c4C)cc(N(c4ccccc4)c4c(C)cc5cccnc5c4C)c4ccc1c2c43. The summed E-state index contributed by atoms with van der Waals surface area (Å²) in [6.45, 7) is 18.0. The predicted molar refractivity (Wildman–Crippen MR) is 388 cm³/mol. The number of pyridine rings is 4. The molecular weight excluding hydrogens is 1120 g/mol. The van der Waals surface area contributed by atoms with Crippen molar-refractivity contribution in [1.82, 2.24) is 19.9 Å². The molecule has 0 spiro atoms. The van der Waals surface area contributed by atoms with E-state index in [2.05, 4.69) is 281 Å². The lowest BCUT2D eigenvalue weighted by atomic mass is 9.88. The molecule has 0 aliphatic carbocycles. The summed E-state index contributed by atoms with van der Waals surface area (Å²) in [4.78, 5) is 30.5.